The zero-order valence-corrected chi connectivity index (χ0v) is 23.0. The Bertz CT molecular complexity index is 1750. The minimum atomic E-state index is -1.65. The highest BCUT2D eigenvalue weighted by molar-refractivity contribution is 6.32. The Morgan fingerprint density at radius 2 is 1.79 bits per heavy atom. The number of amides is 2. The van der Waals surface area contributed by atoms with Gasteiger partial charge < -0.3 is 19.2 Å². The number of imidazole rings is 1. The third-order valence-electron chi connectivity index (χ3n) is 7.19. The van der Waals surface area contributed by atoms with E-state index in [1.165, 1.54) is 28.8 Å². The first-order valence-electron chi connectivity index (χ1n) is 12.2. The Balaban J connectivity index is 1.74. The van der Waals surface area contributed by atoms with E-state index in [2.05, 4.69) is 5.32 Å². The molecular weight excluding hydrogens is 541 g/mol. The van der Waals surface area contributed by atoms with Gasteiger partial charge in [0.1, 0.15) is 16.6 Å². The van der Waals surface area contributed by atoms with E-state index >= 15 is 0 Å². The van der Waals surface area contributed by atoms with Gasteiger partial charge in [0.25, 0.3) is 17.4 Å². The molecule has 2 aliphatic rings. The van der Waals surface area contributed by atoms with E-state index in [9.17, 15) is 14.4 Å². The van der Waals surface area contributed by atoms with Crippen LogP contribution in [0.25, 0.3) is 11.4 Å². The molecule has 0 fully saturated rings. The summed E-state index contributed by atoms with van der Waals surface area (Å²) in [5, 5.41) is 3.27. The highest BCUT2D eigenvalue weighted by Crippen LogP contribution is 2.54. The van der Waals surface area contributed by atoms with Gasteiger partial charge >= 0.3 is 0 Å². The van der Waals surface area contributed by atoms with Gasteiger partial charge in [-0.25, -0.2) is 4.98 Å². The van der Waals surface area contributed by atoms with E-state index in [4.69, 9.17) is 32.9 Å². The molecule has 0 radical (unpaired) electrons. The zero-order chi connectivity index (χ0) is 27.8. The molecule has 2 aromatic heterocycles. The molecule has 4 heterocycles. The molecule has 2 aromatic carbocycles. The normalized spacial score (nSPS) is 17.7. The number of nitrogens with one attached hydrogen (secondary N) is 1. The van der Waals surface area contributed by atoms with Crippen molar-refractivity contribution >= 4 is 46.4 Å². The summed E-state index contributed by atoms with van der Waals surface area (Å²) in [4.78, 5) is 47.2. The first-order chi connectivity index (χ1) is 18.6. The molecule has 2 aliphatic heterocycles. The van der Waals surface area contributed by atoms with Gasteiger partial charge in [-0.1, -0.05) is 41.4 Å². The van der Waals surface area contributed by atoms with E-state index in [1.807, 2.05) is 42.7 Å². The molecule has 2 amide bonds. The van der Waals surface area contributed by atoms with Gasteiger partial charge in [0, 0.05) is 35.6 Å². The van der Waals surface area contributed by atoms with E-state index in [0.717, 1.165) is 0 Å². The van der Waals surface area contributed by atoms with E-state index in [-0.39, 0.29) is 22.4 Å². The lowest BCUT2D eigenvalue weighted by Crippen LogP contribution is -2.51. The van der Waals surface area contributed by atoms with Crippen LogP contribution in [-0.2, 0) is 17.4 Å². The summed E-state index contributed by atoms with van der Waals surface area (Å²) in [6.45, 7) is 3.92. The topological polar surface area (TPSA) is 98.5 Å². The lowest BCUT2D eigenvalue weighted by atomic mass is 9.87. The number of carbonyl (C=O) groups excluding carboxylic acids is 2. The van der Waals surface area contributed by atoms with Crippen LogP contribution in [0.1, 0.15) is 41.6 Å². The third kappa shape index (κ3) is 3.33. The minimum Gasteiger partial charge on any atom is -0.496 e. The SMILES string of the molecule is COc1ccccc1-c1nc2c(n1C(C)C)[C@]1(C(=O)Nc3cc(Cl)ccc31)N(c1cc(Cl)c(=O)n(C)c1)C2=O. The van der Waals surface area contributed by atoms with Gasteiger partial charge in [-0.3, -0.25) is 19.3 Å². The lowest BCUT2D eigenvalue weighted by molar-refractivity contribution is -0.119. The second-order valence-corrected chi connectivity index (χ2v) is 10.6. The van der Waals surface area contributed by atoms with Crippen LogP contribution in [-0.4, -0.2) is 33.0 Å². The van der Waals surface area contributed by atoms with Gasteiger partial charge in [0.05, 0.1) is 24.1 Å². The van der Waals surface area contributed by atoms with Crippen LogP contribution < -0.4 is 20.5 Å². The number of pyridine rings is 1. The molecule has 0 aliphatic carbocycles. The molecule has 0 saturated heterocycles. The number of halogens is 2. The number of nitrogens with zero attached hydrogens (tertiary/aromatic N) is 4. The highest BCUT2D eigenvalue weighted by atomic mass is 35.5. The number of hydrogen-bond donors (Lipinski definition) is 1. The Morgan fingerprint density at radius 3 is 2.49 bits per heavy atom. The number of benzene rings is 2. The molecule has 39 heavy (non-hydrogen) atoms. The van der Waals surface area contributed by atoms with Crippen molar-refractivity contribution in [3.63, 3.8) is 0 Å². The van der Waals surface area contributed by atoms with E-state index < -0.39 is 22.9 Å². The summed E-state index contributed by atoms with van der Waals surface area (Å²) in [7, 11) is 3.10. The van der Waals surface area contributed by atoms with Crippen molar-refractivity contribution in [1.82, 2.24) is 14.1 Å². The predicted octanol–water partition coefficient (Wildman–Crippen LogP) is 5.00. The number of fused-ring (bicyclic) bond motifs is 4. The van der Waals surface area contributed by atoms with Gasteiger partial charge in [-0.15, -0.1) is 0 Å². The fourth-order valence-electron chi connectivity index (χ4n) is 5.63. The second-order valence-electron chi connectivity index (χ2n) is 9.75. The number of aryl methyl sites for hydroxylation is 1. The fraction of sp³-hybridized carbons (Fsp3) is 0.214. The zero-order valence-electron chi connectivity index (χ0n) is 21.5. The first-order valence-corrected chi connectivity index (χ1v) is 12.9. The van der Waals surface area contributed by atoms with Crippen LogP contribution in [0.3, 0.4) is 0 Å². The minimum absolute atomic E-state index is 0.0846. The summed E-state index contributed by atoms with van der Waals surface area (Å²) in [5.74, 6) is 0.112. The molecule has 1 atom stereocenters. The van der Waals surface area contributed by atoms with Gasteiger partial charge in [0.2, 0.25) is 0 Å². The van der Waals surface area contributed by atoms with Gasteiger partial charge in [-0.05, 0) is 44.2 Å². The molecule has 4 aromatic rings. The highest BCUT2D eigenvalue weighted by Gasteiger charge is 2.64. The van der Waals surface area contributed by atoms with Crippen LogP contribution in [0.5, 0.6) is 5.75 Å². The Labute approximate surface area is 233 Å². The number of ether oxygens (including phenoxy) is 1. The number of rotatable bonds is 4. The lowest BCUT2D eigenvalue weighted by Gasteiger charge is -2.35. The summed E-state index contributed by atoms with van der Waals surface area (Å²) in [5.41, 5.74) is 0.413. The first kappa shape index (κ1) is 25.2. The summed E-state index contributed by atoms with van der Waals surface area (Å²) in [6.07, 6.45) is 1.49. The molecule has 0 unspecified atom stereocenters. The van der Waals surface area contributed by atoms with Crippen molar-refractivity contribution in [2.75, 3.05) is 17.3 Å². The van der Waals surface area contributed by atoms with Gasteiger partial charge in [-0.2, -0.15) is 0 Å². The Morgan fingerprint density at radius 1 is 1.05 bits per heavy atom. The number of para-hydroxylation sites is 1. The maximum atomic E-state index is 14.3. The largest absolute Gasteiger partial charge is 0.496 e. The van der Waals surface area contributed by atoms with Crippen LogP contribution in [0.4, 0.5) is 11.4 Å². The predicted molar refractivity (Wildman–Crippen MR) is 149 cm³/mol. The van der Waals surface area contributed by atoms with Crippen molar-refractivity contribution in [1.29, 1.82) is 0 Å². The van der Waals surface area contributed by atoms with Crippen molar-refractivity contribution in [2.24, 2.45) is 7.05 Å². The molecule has 1 N–H and O–H groups in total. The molecule has 1 spiro atoms. The Kier molecular flexibility index (Phi) is 5.64. The maximum absolute atomic E-state index is 14.3. The van der Waals surface area contributed by atoms with Crippen molar-refractivity contribution in [3.8, 4) is 17.1 Å². The quantitative estimate of drug-likeness (QED) is 0.376. The molecule has 198 valence electrons. The average molecular weight is 564 g/mol. The number of hydrogen-bond acceptors (Lipinski definition) is 5. The van der Waals surface area contributed by atoms with Crippen molar-refractivity contribution in [2.45, 2.75) is 25.4 Å². The summed E-state index contributed by atoms with van der Waals surface area (Å²) >= 11 is 12.6. The number of methoxy groups -OCH3 is 1. The fourth-order valence-corrected chi connectivity index (χ4v) is 6.05. The molecule has 0 saturated carbocycles. The van der Waals surface area contributed by atoms with Crippen LogP contribution in [0, 0.1) is 0 Å². The van der Waals surface area contributed by atoms with E-state index in [0.29, 0.717) is 39.1 Å². The summed E-state index contributed by atoms with van der Waals surface area (Å²) in [6, 6.07) is 13.6. The maximum Gasteiger partial charge on any atom is 0.280 e. The molecule has 11 heteroatoms. The second kappa shape index (κ2) is 8.72. The van der Waals surface area contributed by atoms with E-state index in [1.54, 1.807) is 25.3 Å². The molecular formula is C28H23Cl2N5O4. The molecule has 9 nitrogen and oxygen atoms in total. The summed E-state index contributed by atoms with van der Waals surface area (Å²) < 4.78 is 8.79. The smallest absolute Gasteiger partial charge is 0.280 e. The monoisotopic (exact) mass is 563 g/mol. The van der Waals surface area contributed by atoms with Gasteiger partial charge in [0.15, 0.2) is 11.2 Å². The average Bonchev–Trinajstić information content (AvgIpc) is 3.50. The van der Waals surface area contributed by atoms with Crippen molar-refractivity contribution in [3.05, 3.63) is 92.1 Å². The molecule has 6 rings (SSSR count). The number of aromatic nitrogens is 3. The van der Waals surface area contributed by atoms with Crippen LogP contribution in [0.15, 0.2) is 59.5 Å². The van der Waals surface area contributed by atoms with Crippen LogP contribution in [0.2, 0.25) is 10.0 Å². The van der Waals surface area contributed by atoms with Crippen LogP contribution >= 0.6 is 23.2 Å². The standard InChI is InChI=1S/C28H23Cl2N5O4/c1-14(2)34-23-22(32-24(34)17-7-5-6-8-21(17)39-4)26(37)35(16-12-19(30)25(36)33(3)13-16)28(23)18-10-9-15(29)11-20(18)31-27(28)38/h5-14H,1-4H3,(H,31,38)/t28-/m1/s1. The third-order valence-corrected chi connectivity index (χ3v) is 7.70. The molecule has 0 bridgehead atoms. The van der Waals surface area contributed by atoms with Crippen molar-refractivity contribution < 1.29 is 14.3 Å². The number of carbonyl (C=O) groups is 2. The number of anilines is 2. The Hall–Kier alpha value is -4.08.